The molecule has 0 aromatic carbocycles. The monoisotopic (exact) mass is 218 g/mol. The molecule has 0 N–H and O–H groups in total. The van der Waals surface area contributed by atoms with Gasteiger partial charge in [0.15, 0.2) is 0 Å². The molecular weight excluding hydrogens is 204 g/mol. The SMILES string of the molecule is CN1CCC(c2nc(=O)n(C)cc2C#N)C1. The molecule has 1 aliphatic rings. The second-order valence-corrected chi connectivity index (χ2v) is 4.29. The Morgan fingerprint density at radius 2 is 2.31 bits per heavy atom. The van der Waals surface area contributed by atoms with E-state index in [4.69, 9.17) is 5.26 Å². The molecule has 84 valence electrons. The second-order valence-electron chi connectivity index (χ2n) is 4.29. The summed E-state index contributed by atoms with van der Waals surface area (Å²) < 4.78 is 1.35. The summed E-state index contributed by atoms with van der Waals surface area (Å²) in [6.07, 6.45) is 2.54. The van der Waals surface area contributed by atoms with Gasteiger partial charge in [-0.2, -0.15) is 10.2 Å². The van der Waals surface area contributed by atoms with Crippen molar-refractivity contribution >= 4 is 0 Å². The fourth-order valence-corrected chi connectivity index (χ4v) is 2.11. The molecule has 1 aliphatic heterocycles. The molecule has 0 amide bonds. The molecule has 0 saturated carbocycles. The van der Waals surface area contributed by atoms with Crippen molar-refractivity contribution < 1.29 is 0 Å². The number of nitrogens with zero attached hydrogens (tertiary/aromatic N) is 4. The topological polar surface area (TPSA) is 61.9 Å². The van der Waals surface area contributed by atoms with Crippen molar-refractivity contribution in [1.82, 2.24) is 14.5 Å². The van der Waals surface area contributed by atoms with Crippen molar-refractivity contribution in [3.05, 3.63) is 27.9 Å². The fourth-order valence-electron chi connectivity index (χ4n) is 2.11. The maximum absolute atomic E-state index is 11.5. The first kappa shape index (κ1) is 10.8. The number of hydrogen-bond acceptors (Lipinski definition) is 4. The summed E-state index contributed by atoms with van der Waals surface area (Å²) in [5.41, 5.74) is 0.890. The van der Waals surface area contributed by atoms with Crippen molar-refractivity contribution in [2.24, 2.45) is 7.05 Å². The van der Waals surface area contributed by atoms with E-state index in [0.29, 0.717) is 11.3 Å². The van der Waals surface area contributed by atoms with Gasteiger partial charge in [-0.3, -0.25) is 0 Å². The lowest BCUT2D eigenvalue weighted by atomic mass is 10.0. The Hall–Kier alpha value is -1.67. The lowest BCUT2D eigenvalue weighted by molar-refractivity contribution is 0.410. The van der Waals surface area contributed by atoms with Crippen LogP contribution in [0.15, 0.2) is 11.0 Å². The Morgan fingerprint density at radius 1 is 1.56 bits per heavy atom. The standard InChI is InChI=1S/C11H14N4O/c1-14-4-3-8(6-14)10-9(5-12)7-15(2)11(16)13-10/h7-8H,3-4,6H2,1-2H3. The average Bonchev–Trinajstić information content (AvgIpc) is 2.68. The molecule has 0 bridgehead atoms. The van der Waals surface area contributed by atoms with E-state index in [1.165, 1.54) is 4.57 Å². The molecule has 0 spiro atoms. The van der Waals surface area contributed by atoms with Gasteiger partial charge in [-0.15, -0.1) is 0 Å². The second kappa shape index (κ2) is 4.06. The van der Waals surface area contributed by atoms with E-state index in [-0.39, 0.29) is 11.6 Å². The van der Waals surface area contributed by atoms with Gasteiger partial charge in [0.25, 0.3) is 0 Å². The number of hydrogen-bond donors (Lipinski definition) is 0. The number of rotatable bonds is 1. The quantitative estimate of drug-likeness (QED) is 0.669. The lowest BCUT2D eigenvalue weighted by Crippen LogP contribution is -2.24. The molecule has 1 unspecified atom stereocenters. The zero-order chi connectivity index (χ0) is 11.7. The molecule has 2 heterocycles. The van der Waals surface area contributed by atoms with Crippen LogP contribution in [0.5, 0.6) is 0 Å². The largest absolute Gasteiger partial charge is 0.347 e. The van der Waals surface area contributed by atoms with Crippen LogP contribution in [0.25, 0.3) is 0 Å². The van der Waals surface area contributed by atoms with E-state index in [1.54, 1.807) is 13.2 Å². The zero-order valence-corrected chi connectivity index (χ0v) is 9.47. The third-order valence-electron chi connectivity index (χ3n) is 3.02. The minimum absolute atomic E-state index is 0.216. The normalized spacial score (nSPS) is 20.9. The first-order valence-corrected chi connectivity index (χ1v) is 5.28. The van der Waals surface area contributed by atoms with Gasteiger partial charge in [0, 0.05) is 25.7 Å². The summed E-state index contributed by atoms with van der Waals surface area (Å²) in [6, 6.07) is 2.11. The number of aryl methyl sites for hydroxylation is 1. The van der Waals surface area contributed by atoms with Crippen molar-refractivity contribution in [1.29, 1.82) is 5.26 Å². The van der Waals surface area contributed by atoms with Gasteiger partial charge in [-0.1, -0.05) is 0 Å². The van der Waals surface area contributed by atoms with Crippen LogP contribution in [-0.4, -0.2) is 34.6 Å². The Bertz CT molecular complexity index is 500. The molecule has 0 radical (unpaired) electrons. The Kier molecular flexibility index (Phi) is 2.75. The van der Waals surface area contributed by atoms with Crippen LogP contribution in [0.4, 0.5) is 0 Å². The van der Waals surface area contributed by atoms with Crippen molar-refractivity contribution in [3.63, 3.8) is 0 Å². The van der Waals surface area contributed by atoms with Crippen LogP contribution in [-0.2, 0) is 7.05 Å². The molecule has 1 atom stereocenters. The summed E-state index contributed by atoms with van der Waals surface area (Å²) >= 11 is 0. The predicted octanol–water partition coefficient (Wildman–Crippen LogP) is 0.0711. The molecule has 1 aromatic rings. The highest BCUT2D eigenvalue weighted by Crippen LogP contribution is 2.25. The van der Waals surface area contributed by atoms with Gasteiger partial charge in [0.2, 0.25) is 0 Å². The zero-order valence-electron chi connectivity index (χ0n) is 9.47. The van der Waals surface area contributed by atoms with Gasteiger partial charge >= 0.3 is 5.69 Å². The molecule has 1 aromatic heterocycles. The minimum Gasteiger partial charge on any atom is -0.306 e. The van der Waals surface area contributed by atoms with Crippen LogP contribution < -0.4 is 5.69 Å². The van der Waals surface area contributed by atoms with Crippen molar-refractivity contribution in [2.75, 3.05) is 20.1 Å². The Balaban J connectivity index is 2.44. The van der Waals surface area contributed by atoms with E-state index >= 15 is 0 Å². The number of nitriles is 1. The number of aromatic nitrogens is 2. The molecule has 5 nitrogen and oxygen atoms in total. The van der Waals surface area contributed by atoms with E-state index < -0.39 is 0 Å². The lowest BCUT2D eigenvalue weighted by Gasteiger charge is -2.11. The number of likely N-dealkylation sites (N-methyl/N-ethyl adjacent to an activating group) is 1. The highest BCUT2D eigenvalue weighted by atomic mass is 16.1. The molecule has 2 rings (SSSR count). The van der Waals surface area contributed by atoms with Crippen LogP contribution in [0, 0.1) is 11.3 Å². The summed E-state index contributed by atoms with van der Waals surface area (Å²) in [4.78, 5) is 17.7. The third kappa shape index (κ3) is 1.84. The summed E-state index contributed by atoms with van der Waals surface area (Å²) in [5, 5.41) is 9.04. The van der Waals surface area contributed by atoms with Crippen LogP contribution in [0.2, 0.25) is 0 Å². The van der Waals surface area contributed by atoms with Crippen LogP contribution in [0.3, 0.4) is 0 Å². The van der Waals surface area contributed by atoms with Gasteiger partial charge < -0.3 is 9.47 Å². The highest BCUT2D eigenvalue weighted by Gasteiger charge is 2.25. The molecule has 5 heteroatoms. The van der Waals surface area contributed by atoms with Gasteiger partial charge in [-0.05, 0) is 20.0 Å². The van der Waals surface area contributed by atoms with Crippen molar-refractivity contribution in [2.45, 2.75) is 12.3 Å². The Labute approximate surface area is 93.9 Å². The van der Waals surface area contributed by atoms with E-state index in [2.05, 4.69) is 16.0 Å². The number of likely N-dealkylation sites (tertiary alicyclic amines) is 1. The Morgan fingerprint density at radius 3 is 2.88 bits per heavy atom. The first-order valence-electron chi connectivity index (χ1n) is 5.28. The molecule has 0 aliphatic carbocycles. The van der Waals surface area contributed by atoms with E-state index in [9.17, 15) is 4.79 Å². The maximum Gasteiger partial charge on any atom is 0.347 e. The molecule has 1 fully saturated rings. The molecule has 16 heavy (non-hydrogen) atoms. The molecular formula is C11H14N4O. The van der Waals surface area contributed by atoms with Crippen LogP contribution >= 0.6 is 0 Å². The smallest absolute Gasteiger partial charge is 0.306 e. The van der Waals surface area contributed by atoms with E-state index in [1.807, 2.05) is 7.05 Å². The predicted molar refractivity (Wildman–Crippen MR) is 59.0 cm³/mol. The molecule has 1 saturated heterocycles. The average molecular weight is 218 g/mol. The van der Waals surface area contributed by atoms with Crippen LogP contribution in [0.1, 0.15) is 23.6 Å². The summed E-state index contributed by atoms with van der Waals surface area (Å²) in [5.74, 6) is 0.216. The maximum atomic E-state index is 11.5. The first-order chi connectivity index (χ1) is 7.61. The third-order valence-corrected chi connectivity index (χ3v) is 3.02. The fraction of sp³-hybridized carbons (Fsp3) is 0.545. The van der Waals surface area contributed by atoms with Gasteiger partial charge in [0.05, 0.1) is 11.3 Å². The summed E-state index contributed by atoms with van der Waals surface area (Å²) in [6.45, 7) is 1.86. The minimum atomic E-state index is -0.288. The van der Waals surface area contributed by atoms with Gasteiger partial charge in [0.1, 0.15) is 6.07 Å². The summed E-state index contributed by atoms with van der Waals surface area (Å²) in [7, 11) is 3.65. The highest BCUT2D eigenvalue weighted by molar-refractivity contribution is 5.33. The van der Waals surface area contributed by atoms with E-state index in [0.717, 1.165) is 19.5 Å². The van der Waals surface area contributed by atoms with Crippen molar-refractivity contribution in [3.8, 4) is 6.07 Å². The van der Waals surface area contributed by atoms with Gasteiger partial charge in [-0.25, -0.2) is 4.79 Å².